The molecule has 3 N–H and O–H groups in total. The van der Waals surface area contributed by atoms with Crippen LogP contribution in [0.2, 0.25) is 0 Å². The van der Waals surface area contributed by atoms with Gasteiger partial charge in [0.15, 0.2) is 5.82 Å². The van der Waals surface area contributed by atoms with Gasteiger partial charge in [-0.15, -0.1) is 0 Å². The maximum atomic E-state index is 5.60. The number of halogens is 1. The fourth-order valence-electron chi connectivity index (χ4n) is 2.37. The molecule has 0 aliphatic carbocycles. The number of rotatable bonds is 2. The van der Waals surface area contributed by atoms with Crippen LogP contribution in [0.25, 0.3) is 11.4 Å². The van der Waals surface area contributed by atoms with E-state index < -0.39 is 0 Å². The summed E-state index contributed by atoms with van der Waals surface area (Å²) in [5.74, 6) is 8.92. The second-order valence-corrected chi connectivity index (χ2v) is 6.66. The van der Waals surface area contributed by atoms with Crippen LogP contribution in [0.1, 0.15) is 22.4 Å². The molecule has 0 unspecified atom stereocenters. The van der Waals surface area contributed by atoms with Crippen molar-refractivity contribution in [2.45, 2.75) is 25.4 Å². The van der Waals surface area contributed by atoms with Gasteiger partial charge in [0.1, 0.15) is 5.82 Å². The average Bonchev–Trinajstić information content (AvgIpc) is 2.91. The smallest absolute Gasteiger partial charge is 0.161 e. The van der Waals surface area contributed by atoms with Crippen molar-refractivity contribution in [1.82, 2.24) is 9.97 Å². The predicted molar refractivity (Wildman–Crippen MR) is 87.5 cm³/mol. The van der Waals surface area contributed by atoms with Crippen molar-refractivity contribution < 1.29 is 0 Å². The number of benzene rings is 1. The molecule has 2 aromatic rings. The third-order valence-corrected chi connectivity index (χ3v) is 5.63. The molecule has 6 heteroatoms. The molecule has 1 aromatic carbocycles. The van der Waals surface area contributed by atoms with Crippen LogP contribution >= 0.6 is 27.7 Å². The van der Waals surface area contributed by atoms with Gasteiger partial charge >= 0.3 is 0 Å². The van der Waals surface area contributed by atoms with E-state index in [1.165, 1.54) is 11.1 Å². The quantitative estimate of drug-likeness (QED) is 0.640. The number of aryl methyl sites for hydroxylation is 2. The molecule has 0 atom stereocenters. The van der Waals surface area contributed by atoms with Crippen LogP contribution in [0, 0.1) is 13.8 Å². The molecule has 3 rings (SSSR count). The standard InChI is InChI=1S/C14H15BrN4S/c1-7-3-9(4-8(2)12(7)15)13-17-11-6-20-5-10(11)14(18-13)19-16/h3-4H,5-6,16H2,1-2H3,(H,17,18,19). The summed E-state index contributed by atoms with van der Waals surface area (Å²) in [7, 11) is 0. The van der Waals surface area contributed by atoms with E-state index in [1.807, 2.05) is 11.8 Å². The van der Waals surface area contributed by atoms with Crippen molar-refractivity contribution in [2.75, 3.05) is 5.43 Å². The van der Waals surface area contributed by atoms with Crippen molar-refractivity contribution in [3.05, 3.63) is 39.0 Å². The molecular weight excluding hydrogens is 336 g/mol. The molecule has 2 heterocycles. The molecule has 1 aromatic heterocycles. The highest BCUT2D eigenvalue weighted by Crippen LogP contribution is 2.35. The molecule has 4 nitrogen and oxygen atoms in total. The van der Waals surface area contributed by atoms with E-state index >= 15 is 0 Å². The molecule has 0 amide bonds. The Hall–Kier alpha value is -1.11. The minimum absolute atomic E-state index is 0.734. The summed E-state index contributed by atoms with van der Waals surface area (Å²) in [5.41, 5.74) is 8.31. The second-order valence-electron chi connectivity index (χ2n) is 4.88. The summed E-state index contributed by atoms with van der Waals surface area (Å²) in [5, 5.41) is 0. The first kappa shape index (κ1) is 13.9. The molecule has 1 aliphatic rings. The average molecular weight is 351 g/mol. The van der Waals surface area contributed by atoms with E-state index in [0.29, 0.717) is 0 Å². The van der Waals surface area contributed by atoms with E-state index in [9.17, 15) is 0 Å². The van der Waals surface area contributed by atoms with Crippen LogP contribution in [-0.4, -0.2) is 9.97 Å². The maximum Gasteiger partial charge on any atom is 0.161 e. The van der Waals surface area contributed by atoms with Crippen LogP contribution < -0.4 is 11.3 Å². The first-order valence-electron chi connectivity index (χ1n) is 6.31. The Morgan fingerprint density at radius 2 is 1.90 bits per heavy atom. The molecule has 0 bridgehead atoms. The van der Waals surface area contributed by atoms with Gasteiger partial charge in [-0.1, -0.05) is 15.9 Å². The lowest BCUT2D eigenvalue weighted by molar-refractivity contribution is 1.06. The number of nitrogens with two attached hydrogens (primary N) is 1. The fraction of sp³-hybridized carbons (Fsp3) is 0.286. The number of aromatic nitrogens is 2. The lowest BCUT2D eigenvalue weighted by atomic mass is 10.1. The van der Waals surface area contributed by atoms with Gasteiger partial charge in [0, 0.05) is 27.1 Å². The van der Waals surface area contributed by atoms with Crippen LogP contribution in [-0.2, 0) is 11.5 Å². The molecule has 20 heavy (non-hydrogen) atoms. The van der Waals surface area contributed by atoms with Gasteiger partial charge < -0.3 is 5.43 Å². The Kier molecular flexibility index (Phi) is 3.70. The zero-order valence-corrected chi connectivity index (χ0v) is 13.7. The SMILES string of the molecule is Cc1cc(-c2nc3c(c(NN)n2)CSC3)cc(C)c1Br. The maximum absolute atomic E-state index is 5.60. The summed E-state index contributed by atoms with van der Waals surface area (Å²) in [4.78, 5) is 9.27. The van der Waals surface area contributed by atoms with E-state index in [4.69, 9.17) is 10.8 Å². The summed E-state index contributed by atoms with van der Waals surface area (Å²) in [6.07, 6.45) is 0. The number of fused-ring (bicyclic) bond motifs is 1. The molecule has 1 aliphatic heterocycles. The third-order valence-electron chi connectivity index (χ3n) is 3.41. The number of thioether (sulfide) groups is 1. The van der Waals surface area contributed by atoms with Gasteiger partial charge in [-0.2, -0.15) is 11.8 Å². The van der Waals surface area contributed by atoms with Crippen molar-refractivity contribution in [3.63, 3.8) is 0 Å². The van der Waals surface area contributed by atoms with Crippen molar-refractivity contribution in [1.29, 1.82) is 0 Å². The fourth-order valence-corrected chi connectivity index (χ4v) is 3.65. The molecule has 0 saturated carbocycles. The number of anilines is 1. The van der Waals surface area contributed by atoms with Crippen LogP contribution in [0.4, 0.5) is 5.82 Å². The summed E-state index contributed by atoms with van der Waals surface area (Å²) in [6, 6.07) is 4.20. The molecule has 0 spiro atoms. The van der Waals surface area contributed by atoms with Gasteiger partial charge in [0.05, 0.1) is 5.69 Å². The Morgan fingerprint density at radius 3 is 2.55 bits per heavy atom. The Balaban J connectivity index is 2.16. The van der Waals surface area contributed by atoms with Gasteiger partial charge in [0.2, 0.25) is 0 Å². The number of hydrazine groups is 1. The first-order valence-corrected chi connectivity index (χ1v) is 8.26. The normalized spacial score (nSPS) is 13.4. The lowest BCUT2D eigenvalue weighted by Crippen LogP contribution is -2.12. The number of hydrogen-bond acceptors (Lipinski definition) is 5. The summed E-state index contributed by atoms with van der Waals surface area (Å²) >= 11 is 5.43. The largest absolute Gasteiger partial charge is 0.308 e. The summed E-state index contributed by atoms with van der Waals surface area (Å²) < 4.78 is 1.13. The highest BCUT2D eigenvalue weighted by molar-refractivity contribution is 9.10. The van der Waals surface area contributed by atoms with Gasteiger partial charge in [-0.25, -0.2) is 15.8 Å². The van der Waals surface area contributed by atoms with E-state index in [0.717, 1.165) is 44.4 Å². The molecular formula is C14H15BrN4S. The molecule has 104 valence electrons. The molecule has 0 saturated heterocycles. The van der Waals surface area contributed by atoms with Crippen molar-refractivity contribution >= 4 is 33.5 Å². The van der Waals surface area contributed by atoms with Crippen molar-refractivity contribution in [2.24, 2.45) is 5.84 Å². The Morgan fingerprint density at radius 1 is 1.20 bits per heavy atom. The van der Waals surface area contributed by atoms with E-state index in [-0.39, 0.29) is 0 Å². The lowest BCUT2D eigenvalue weighted by Gasteiger charge is -2.11. The van der Waals surface area contributed by atoms with Gasteiger partial charge in [-0.3, -0.25) is 0 Å². The minimum Gasteiger partial charge on any atom is -0.308 e. The first-order chi connectivity index (χ1) is 9.60. The van der Waals surface area contributed by atoms with E-state index in [1.54, 1.807) is 0 Å². The number of nitrogens with zero attached hydrogens (tertiary/aromatic N) is 2. The highest BCUT2D eigenvalue weighted by atomic mass is 79.9. The second kappa shape index (κ2) is 5.35. The highest BCUT2D eigenvalue weighted by Gasteiger charge is 2.20. The topological polar surface area (TPSA) is 63.8 Å². The minimum atomic E-state index is 0.734. The summed E-state index contributed by atoms with van der Waals surface area (Å²) in [6.45, 7) is 4.15. The third kappa shape index (κ3) is 2.32. The monoisotopic (exact) mass is 350 g/mol. The zero-order chi connectivity index (χ0) is 14.3. The van der Waals surface area contributed by atoms with Gasteiger partial charge in [0.25, 0.3) is 0 Å². The van der Waals surface area contributed by atoms with Gasteiger partial charge in [-0.05, 0) is 37.1 Å². The molecule has 0 fully saturated rings. The van der Waals surface area contributed by atoms with E-state index in [2.05, 4.69) is 52.3 Å². The van der Waals surface area contributed by atoms with Crippen LogP contribution in [0.3, 0.4) is 0 Å². The number of hydrogen-bond donors (Lipinski definition) is 2. The number of nitrogens with one attached hydrogen (secondary N) is 1. The zero-order valence-electron chi connectivity index (χ0n) is 11.3. The van der Waals surface area contributed by atoms with Crippen LogP contribution in [0.5, 0.6) is 0 Å². The Bertz CT molecular complexity index is 664. The number of nitrogen functional groups attached to an aromatic ring is 1. The van der Waals surface area contributed by atoms with Crippen molar-refractivity contribution in [3.8, 4) is 11.4 Å². The molecule has 0 radical (unpaired) electrons. The van der Waals surface area contributed by atoms with Crippen LogP contribution in [0.15, 0.2) is 16.6 Å². The predicted octanol–water partition coefficient (Wildman–Crippen LogP) is 3.56. The Labute approximate surface area is 130 Å².